The van der Waals surface area contributed by atoms with Gasteiger partial charge in [-0.3, -0.25) is 19.5 Å². The number of non-ortho nitro benzene ring substituents is 1. The van der Waals surface area contributed by atoms with Crippen LogP contribution in [0.15, 0.2) is 62.8 Å². The highest BCUT2D eigenvalue weighted by Gasteiger charge is 2.33. The zero-order chi connectivity index (χ0) is 22.1. The third-order valence-corrected chi connectivity index (χ3v) is 6.64. The highest BCUT2D eigenvalue weighted by Crippen LogP contribution is 2.33. The fraction of sp³-hybridized carbons (Fsp3) is 0.190. The van der Waals surface area contributed by atoms with Crippen LogP contribution in [-0.2, 0) is 9.53 Å². The van der Waals surface area contributed by atoms with Gasteiger partial charge in [0.1, 0.15) is 6.04 Å². The van der Waals surface area contributed by atoms with E-state index in [0.29, 0.717) is 26.2 Å². The summed E-state index contributed by atoms with van der Waals surface area (Å²) in [6, 6.07) is 9.08. The molecular weight excluding hydrogens is 438 g/mol. The maximum absolute atomic E-state index is 13.3. The minimum atomic E-state index is -0.616. The van der Waals surface area contributed by atoms with E-state index in [2.05, 4.69) is 4.99 Å². The normalized spacial score (nSPS) is 16.1. The van der Waals surface area contributed by atoms with E-state index in [1.54, 1.807) is 32.1 Å². The molecule has 1 aliphatic heterocycles. The van der Waals surface area contributed by atoms with E-state index in [0.717, 1.165) is 4.88 Å². The fourth-order valence-corrected chi connectivity index (χ4v) is 5.22. The van der Waals surface area contributed by atoms with Gasteiger partial charge >= 0.3 is 5.97 Å². The summed E-state index contributed by atoms with van der Waals surface area (Å²) in [5.74, 6) is -0.494. The van der Waals surface area contributed by atoms with Crippen LogP contribution in [0.2, 0.25) is 0 Å². The number of nitro groups is 1. The summed E-state index contributed by atoms with van der Waals surface area (Å²) in [6.07, 6.45) is 1.67. The number of hydrogen-bond donors (Lipinski definition) is 0. The molecule has 3 heterocycles. The van der Waals surface area contributed by atoms with Gasteiger partial charge < -0.3 is 4.74 Å². The number of nitro benzene ring substituents is 1. The van der Waals surface area contributed by atoms with Crippen molar-refractivity contribution in [2.24, 2.45) is 4.99 Å². The van der Waals surface area contributed by atoms with Crippen LogP contribution in [0.3, 0.4) is 0 Å². The zero-order valence-corrected chi connectivity index (χ0v) is 18.2. The molecule has 0 saturated heterocycles. The molecule has 0 bridgehead atoms. The molecule has 0 spiro atoms. The van der Waals surface area contributed by atoms with Gasteiger partial charge in [-0.1, -0.05) is 17.4 Å². The van der Waals surface area contributed by atoms with Crippen LogP contribution in [-0.4, -0.2) is 22.1 Å². The molecule has 0 fully saturated rings. The smallest absolute Gasteiger partial charge is 0.338 e. The molecule has 0 saturated carbocycles. The minimum Gasteiger partial charge on any atom is -0.463 e. The Morgan fingerprint density at radius 1 is 1.32 bits per heavy atom. The van der Waals surface area contributed by atoms with Crippen molar-refractivity contribution in [3.8, 4) is 0 Å². The topological polar surface area (TPSA) is 104 Å². The molecule has 0 N–H and O–H groups in total. The van der Waals surface area contributed by atoms with Gasteiger partial charge in [-0.25, -0.2) is 9.79 Å². The average molecular weight is 456 g/mol. The summed E-state index contributed by atoms with van der Waals surface area (Å²) in [6.45, 7) is 3.69. The highest BCUT2D eigenvalue weighted by molar-refractivity contribution is 7.10. The van der Waals surface area contributed by atoms with Crippen molar-refractivity contribution in [2.75, 3.05) is 6.61 Å². The Morgan fingerprint density at radius 3 is 2.68 bits per heavy atom. The zero-order valence-electron chi connectivity index (χ0n) is 16.6. The van der Waals surface area contributed by atoms with Crippen LogP contribution in [0.1, 0.15) is 30.3 Å². The molecule has 0 aliphatic carbocycles. The Morgan fingerprint density at radius 2 is 2.06 bits per heavy atom. The number of thiophene rings is 1. The number of hydrogen-bond acceptors (Lipinski definition) is 8. The average Bonchev–Trinajstić information content (AvgIpc) is 3.36. The molecular formula is C21H17N3O5S2. The number of esters is 1. The van der Waals surface area contributed by atoms with E-state index < -0.39 is 16.9 Å². The van der Waals surface area contributed by atoms with Gasteiger partial charge in [-0.05, 0) is 49.1 Å². The van der Waals surface area contributed by atoms with Crippen molar-refractivity contribution in [1.29, 1.82) is 0 Å². The first-order valence-corrected chi connectivity index (χ1v) is 11.1. The summed E-state index contributed by atoms with van der Waals surface area (Å²) in [5, 5.41) is 12.7. The first kappa shape index (κ1) is 20.9. The molecule has 4 rings (SSSR count). The molecule has 0 radical (unpaired) electrons. The number of carbonyl (C=O) groups is 1. The lowest BCUT2D eigenvalue weighted by molar-refractivity contribution is -0.384. The first-order chi connectivity index (χ1) is 14.9. The lowest BCUT2D eigenvalue weighted by Crippen LogP contribution is -2.39. The van der Waals surface area contributed by atoms with E-state index >= 15 is 0 Å². The molecule has 10 heteroatoms. The second-order valence-electron chi connectivity index (χ2n) is 6.67. The van der Waals surface area contributed by atoms with Gasteiger partial charge in [0.25, 0.3) is 11.2 Å². The summed E-state index contributed by atoms with van der Waals surface area (Å²) in [5.41, 5.74) is 1.21. The van der Waals surface area contributed by atoms with Crippen molar-refractivity contribution in [1.82, 2.24) is 4.57 Å². The SMILES string of the molecule is CCOC(=O)C1=C(C)N=c2sc(=Cc3ccc([N+](=O)[O-])cc3)c(=O)n2[C@H]1c1cccs1. The van der Waals surface area contributed by atoms with Crippen molar-refractivity contribution in [3.63, 3.8) is 0 Å². The van der Waals surface area contributed by atoms with Crippen LogP contribution in [0.5, 0.6) is 0 Å². The van der Waals surface area contributed by atoms with Crippen LogP contribution >= 0.6 is 22.7 Å². The number of benzene rings is 1. The highest BCUT2D eigenvalue weighted by atomic mass is 32.1. The predicted octanol–water partition coefficient (Wildman–Crippen LogP) is 2.77. The third kappa shape index (κ3) is 3.87. The first-order valence-electron chi connectivity index (χ1n) is 9.38. The minimum absolute atomic E-state index is 0.0222. The lowest BCUT2D eigenvalue weighted by atomic mass is 10.0. The number of fused-ring (bicyclic) bond motifs is 1. The van der Waals surface area contributed by atoms with E-state index in [4.69, 9.17) is 4.74 Å². The van der Waals surface area contributed by atoms with E-state index in [1.165, 1.54) is 39.4 Å². The number of aromatic nitrogens is 1. The van der Waals surface area contributed by atoms with Crippen molar-refractivity contribution >= 4 is 40.4 Å². The Labute approximate surface area is 184 Å². The molecule has 1 aliphatic rings. The number of carbonyl (C=O) groups excluding carboxylic acids is 1. The molecule has 31 heavy (non-hydrogen) atoms. The quantitative estimate of drug-likeness (QED) is 0.334. The molecule has 3 aromatic rings. The Bertz CT molecular complexity index is 1370. The predicted molar refractivity (Wildman–Crippen MR) is 118 cm³/mol. The van der Waals surface area contributed by atoms with Gasteiger partial charge in [0.2, 0.25) is 0 Å². The monoisotopic (exact) mass is 455 g/mol. The van der Waals surface area contributed by atoms with Gasteiger partial charge in [-0.15, -0.1) is 11.3 Å². The molecule has 158 valence electrons. The number of thiazole rings is 1. The summed E-state index contributed by atoms with van der Waals surface area (Å²) < 4.78 is 7.18. The molecule has 0 amide bonds. The summed E-state index contributed by atoms with van der Waals surface area (Å²) in [4.78, 5) is 42.3. The Hall–Kier alpha value is -3.37. The second-order valence-corrected chi connectivity index (χ2v) is 8.65. The maximum atomic E-state index is 13.3. The van der Waals surface area contributed by atoms with Crippen LogP contribution in [0, 0.1) is 10.1 Å². The van der Waals surface area contributed by atoms with Crippen molar-refractivity contribution in [3.05, 3.63) is 93.3 Å². The van der Waals surface area contributed by atoms with Crippen LogP contribution in [0.25, 0.3) is 6.08 Å². The number of rotatable bonds is 5. The van der Waals surface area contributed by atoms with Gasteiger partial charge in [0, 0.05) is 17.0 Å². The van der Waals surface area contributed by atoms with Crippen LogP contribution < -0.4 is 14.9 Å². The van der Waals surface area contributed by atoms with Gasteiger partial charge in [0.15, 0.2) is 4.80 Å². The van der Waals surface area contributed by atoms with Crippen molar-refractivity contribution in [2.45, 2.75) is 19.9 Å². The lowest BCUT2D eigenvalue weighted by Gasteiger charge is -2.23. The number of nitrogens with zero attached hydrogens (tertiary/aromatic N) is 3. The summed E-state index contributed by atoms with van der Waals surface area (Å²) >= 11 is 2.66. The van der Waals surface area contributed by atoms with E-state index in [9.17, 15) is 19.7 Å². The molecule has 2 aromatic heterocycles. The van der Waals surface area contributed by atoms with E-state index in [1.807, 2.05) is 17.5 Å². The standard InChI is InChI=1S/C21H17N3O5S2/c1-3-29-20(26)17-12(2)22-21-23(18(17)15-5-4-10-30-15)19(25)16(31-21)11-13-6-8-14(9-7-13)24(27)28/h4-11,18H,3H2,1-2H3/t18-/m0/s1. The number of allylic oxidation sites excluding steroid dienone is 1. The second kappa shape index (κ2) is 8.40. The molecule has 1 aromatic carbocycles. The molecule has 1 atom stereocenters. The Kier molecular flexibility index (Phi) is 5.66. The largest absolute Gasteiger partial charge is 0.463 e. The van der Waals surface area contributed by atoms with Crippen LogP contribution in [0.4, 0.5) is 5.69 Å². The van der Waals surface area contributed by atoms with E-state index in [-0.39, 0.29) is 17.9 Å². The van der Waals surface area contributed by atoms with Gasteiger partial charge in [-0.2, -0.15) is 0 Å². The van der Waals surface area contributed by atoms with Crippen molar-refractivity contribution < 1.29 is 14.5 Å². The fourth-order valence-electron chi connectivity index (χ4n) is 3.35. The van der Waals surface area contributed by atoms with Gasteiger partial charge in [0.05, 0.1) is 27.3 Å². The Balaban J connectivity index is 1.88. The third-order valence-electron chi connectivity index (χ3n) is 4.73. The number of ether oxygens (including phenoxy) is 1. The molecule has 0 unspecified atom stereocenters. The summed E-state index contributed by atoms with van der Waals surface area (Å²) in [7, 11) is 0. The molecule has 8 nitrogen and oxygen atoms in total. The maximum Gasteiger partial charge on any atom is 0.338 e.